The van der Waals surface area contributed by atoms with Gasteiger partial charge in [-0.2, -0.15) is 13.2 Å². The van der Waals surface area contributed by atoms with E-state index in [0.29, 0.717) is 13.3 Å². The molecule has 1 unspecified atom stereocenters. The van der Waals surface area contributed by atoms with Crippen LogP contribution >= 0.6 is 0 Å². The van der Waals surface area contributed by atoms with Gasteiger partial charge < -0.3 is 20.5 Å². The maximum atomic E-state index is 13.5. The number of aromatic nitrogens is 1. The predicted octanol–water partition coefficient (Wildman–Crippen LogP) is 2.33. The lowest BCUT2D eigenvalue weighted by molar-refractivity contribution is -0.196. The van der Waals surface area contributed by atoms with E-state index in [9.17, 15) is 41.1 Å². The first-order valence-corrected chi connectivity index (χ1v) is 9.94. The van der Waals surface area contributed by atoms with Gasteiger partial charge in [0.2, 0.25) is 5.54 Å². The molecule has 13 heteroatoms. The van der Waals surface area contributed by atoms with Crippen molar-refractivity contribution in [2.24, 2.45) is 0 Å². The van der Waals surface area contributed by atoms with Crippen LogP contribution in [0.4, 0.5) is 27.6 Å². The third-order valence-electron chi connectivity index (χ3n) is 5.48. The summed E-state index contributed by atoms with van der Waals surface area (Å²) in [4.78, 5) is 49.7. The number of amides is 3. The van der Waals surface area contributed by atoms with Gasteiger partial charge in [-0.25, -0.2) is 8.78 Å². The highest BCUT2D eigenvalue weighted by molar-refractivity contribution is 6.43. The summed E-state index contributed by atoms with van der Waals surface area (Å²) in [7, 11) is 0.943. The number of halogens is 5. The Hall–Kier alpha value is -3.77. The molecule has 0 bridgehead atoms. The number of rotatable bonds is 6. The molecule has 182 valence electrons. The Labute approximate surface area is 189 Å². The van der Waals surface area contributed by atoms with E-state index >= 15 is 0 Å². The number of hydrogen-bond donors (Lipinski definition) is 3. The molecule has 1 aromatic heterocycles. The molecule has 1 aliphatic heterocycles. The fourth-order valence-electron chi connectivity index (χ4n) is 3.58. The van der Waals surface area contributed by atoms with Gasteiger partial charge in [0.25, 0.3) is 23.5 Å². The van der Waals surface area contributed by atoms with Gasteiger partial charge in [0.15, 0.2) is 11.6 Å². The van der Waals surface area contributed by atoms with Crippen LogP contribution in [0.2, 0.25) is 0 Å². The second-order valence-electron chi connectivity index (χ2n) is 7.71. The molecular weight excluding hydrogens is 467 g/mol. The Balaban J connectivity index is 1.89. The van der Waals surface area contributed by atoms with E-state index in [1.165, 1.54) is 9.88 Å². The topological polar surface area (TPSA) is 109 Å². The monoisotopic (exact) mass is 486 g/mol. The molecule has 0 aliphatic carbocycles. The number of benzene rings is 1. The van der Waals surface area contributed by atoms with Crippen LogP contribution in [0.3, 0.4) is 0 Å². The first-order valence-electron chi connectivity index (χ1n) is 9.94. The molecule has 0 radical (unpaired) electrons. The van der Waals surface area contributed by atoms with Crippen LogP contribution in [0.25, 0.3) is 0 Å². The third-order valence-corrected chi connectivity index (χ3v) is 5.48. The van der Waals surface area contributed by atoms with E-state index in [-0.39, 0.29) is 35.6 Å². The Morgan fingerprint density at radius 2 is 1.71 bits per heavy atom. The summed E-state index contributed by atoms with van der Waals surface area (Å²) in [5.41, 5.74) is -3.59. The second-order valence-corrected chi connectivity index (χ2v) is 7.71. The number of fused-ring (bicyclic) bond motifs is 1. The van der Waals surface area contributed by atoms with E-state index in [1.807, 2.05) is 0 Å². The summed E-state index contributed by atoms with van der Waals surface area (Å²) in [6.45, 7) is 0.700. The van der Waals surface area contributed by atoms with E-state index in [4.69, 9.17) is 0 Å². The zero-order chi connectivity index (χ0) is 25.4. The standard InChI is InChI=1S/C21H19F5N4O4/c1-20(19(34)27-2,21(24,25)26)29-18(33)16(31)11-9-15(30-7-3-4-14(11)30)17(32)28-10-5-6-12(22)13(23)8-10/h5-6,8-9H,3-4,7H2,1-2H3,(H,27,34)(H,28,32)(H,29,33). The highest BCUT2D eigenvalue weighted by Gasteiger charge is 2.58. The Bertz CT molecular complexity index is 1190. The van der Waals surface area contributed by atoms with Gasteiger partial charge in [-0.1, -0.05) is 0 Å². The van der Waals surface area contributed by atoms with Gasteiger partial charge in [-0.15, -0.1) is 0 Å². The molecule has 2 aromatic rings. The number of carbonyl (C=O) groups is 4. The van der Waals surface area contributed by atoms with Crippen LogP contribution in [0.1, 0.15) is 39.9 Å². The van der Waals surface area contributed by atoms with Crippen LogP contribution in [0.5, 0.6) is 0 Å². The smallest absolute Gasteiger partial charge is 0.357 e. The quantitative estimate of drug-likeness (QED) is 0.331. The number of likely N-dealkylation sites (N-methyl/N-ethyl adjacent to an activating group) is 1. The van der Waals surface area contributed by atoms with Crippen LogP contribution < -0.4 is 16.0 Å². The van der Waals surface area contributed by atoms with E-state index in [1.54, 1.807) is 5.32 Å². The largest absolute Gasteiger partial charge is 0.420 e. The molecule has 1 aromatic carbocycles. The third kappa shape index (κ3) is 4.37. The number of anilines is 1. The van der Waals surface area contributed by atoms with Crippen LogP contribution in [0.15, 0.2) is 24.3 Å². The predicted molar refractivity (Wildman–Crippen MR) is 108 cm³/mol. The number of nitrogens with one attached hydrogen (secondary N) is 3. The van der Waals surface area contributed by atoms with Crippen molar-refractivity contribution in [1.29, 1.82) is 0 Å². The van der Waals surface area contributed by atoms with Crippen LogP contribution in [-0.2, 0) is 22.6 Å². The maximum absolute atomic E-state index is 13.5. The number of hydrogen-bond acceptors (Lipinski definition) is 4. The summed E-state index contributed by atoms with van der Waals surface area (Å²) in [6.07, 6.45) is -4.46. The first kappa shape index (κ1) is 24.9. The van der Waals surface area contributed by atoms with Crippen molar-refractivity contribution >= 4 is 29.2 Å². The summed E-state index contributed by atoms with van der Waals surface area (Å²) in [6, 6.07) is 3.70. The highest BCUT2D eigenvalue weighted by Crippen LogP contribution is 2.31. The summed E-state index contributed by atoms with van der Waals surface area (Å²) in [5, 5.41) is 5.58. The van der Waals surface area contributed by atoms with Crippen LogP contribution in [0, 0.1) is 11.6 Å². The van der Waals surface area contributed by atoms with Crippen molar-refractivity contribution in [2.45, 2.75) is 38.0 Å². The molecule has 34 heavy (non-hydrogen) atoms. The van der Waals surface area contributed by atoms with Crippen molar-refractivity contribution in [3.63, 3.8) is 0 Å². The van der Waals surface area contributed by atoms with Gasteiger partial charge in [-0.05, 0) is 38.0 Å². The average Bonchev–Trinajstić information content (AvgIpc) is 3.37. The zero-order valence-electron chi connectivity index (χ0n) is 17.9. The lowest BCUT2D eigenvalue weighted by Crippen LogP contribution is -2.65. The van der Waals surface area contributed by atoms with Crippen molar-refractivity contribution < 1.29 is 41.1 Å². The number of ketones is 1. The minimum absolute atomic E-state index is 0.0745. The van der Waals surface area contributed by atoms with Crippen LogP contribution in [-0.4, -0.2) is 46.8 Å². The Morgan fingerprint density at radius 1 is 1.03 bits per heavy atom. The lowest BCUT2D eigenvalue weighted by atomic mass is 9.99. The second kappa shape index (κ2) is 8.88. The summed E-state index contributed by atoms with van der Waals surface area (Å²) < 4.78 is 68.3. The molecule has 3 amide bonds. The maximum Gasteiger partial charge on any atom is 0.420 e. The number of Topliss-reactive ketones (excluding diaryl/α,β-unsaturated/α-hetero) is 1. The summed E-state index contributed by atoms with van der Waals surface area (Å²) >= 11 is 0. The molecule has 0 saturated carbocycles. The van der Waals surface area contributed by atoms with E-state index in [2.05, 4.69) is 5.32 Å². The number of nitrogens with zero attached hydrogens (tertiary/aromatic N) is 1. The van der Waals surface area contributed by atoms with E-state index in [0.717, 1.165) is 31.3 Å². The van der Waals surface area contributed by atoms with Gasteiger partial charge in [-0.3, -0.25) is 19.2 Å². The summed E-state index contributed by atoms with van der Waals surface area (Å²) in [5.74, 6) is -7.75. The number of carbonyl (C=O) groups excluding carboxylic acids is 4. The molecule has 8 nitrogen and oxygen atoms in total. The molecule has 0 fully saturated rings. The lowest BCUT2D eigenvalue weighted by Gasteiger charge is -2.30. The van der Waals surface area contributed by atoms with Crippen molar-refractivity contribution in [1.82, 2.24) is 15.2 Å². The minimum atomic E-state index is -5.21. The Kier molecular flexibility index (Phi) is 6.49. The fraction of sp³-hybridized carbons (Fsp3) is 0.333. The minimum Gasteiger partial charge on any atom is -0.357 e. The van der Waals surface area contributed by atoms with Gasteiger partial charge >= 0.3 is 6.18 Å². The Morgan fingerprint density at radius 3 is 2.29 bits per heavy atom. The van der Waals surface area contributed by atoms with E-state index < -0.39 is 46.9 Å². The highest BCUT2D eigenvalue weighted by atomic mass is 19.4. The normalized spacial score (nSPS) is 14.7. The average molecular weight is 486 g/mol. The van der Waals surface area contributed by atoms with Gasteiger partial charge in [0, 0.05) is 36.6 Å². The SMILES string of the molecule is CNC(=O)C(C)(NC(=O)C(=O)c1cc(C(=O)Nc2ccc(F)c(F)c2)n2c1CCC2)C(F)(F)F. The molecule has 2 heterocycles. The van der Waals surface area contributed by atoms with Crippen molar-refractivity contribution in [2.75, 3.05) is 12.4 Å². The molecule has 1 aliphatic rings. The molecule has 0 spiro atoms. The molecule has 1 atom stereocenters. The van der Waals surface area contributed by atoms with Crippen molar-refractivity contribution in [3.05, 3.63) is 52.9 Å². The fourth-order valence-corrected chi connectivity index (χ4v) is 3.58. The number of alkyl halides is 3. The molecular formula is C21H19F5N4O4. The first-order chi connectivity index (χ1) is 15.8. The van der Waals surface area contributed by atoms with Gasteiger partial charge in [0.1, 0.15) is 5.69 Å². The molecule has 3 N–H and O–H groups in total. The molecule has 0 saturated heterocycles. The van der Waals surface area contributed by atoms with Gasteiger partial charge in [0.05, 0.1) is 0 Å². The zero-order valence-corrected chi connectivity index (χ0v) is 17.9. The molecule has 3 rings (SSSR count). The van der Waals surface area contributed by atoms with Crippen molar-refractivity contribution in [3.8, 4) is 0 Å².